The van der Waals surface area contributed by atoms with Gasteiger partial charge >= 0.3 is 0 Å². The average molecular weight is 306 g/mol. The number of imide groups is 1. The number of fused-ring (bicyclic) bond motifs is 1. The Hall–Kier alpha value is -1.81. The lowest BCUT2D eigenvalue weighted by Crippen LogP contribution is -2.30. The van der Waals surface area contributed by atoms with Gasteiger partial charge in [0.25, 0.3) is 0 Å². The molecule has 1 aromatic rings. The van der Waals surface area contributed by atoms with E-state index in [-0.39, 0.29) is 30.2 Å². The highest BCUT2D eigenvalue weighted by atomic mass is 35.5. The van der Waals surface area contributed by atoms with Crippen LogP contribution in [-0.2, 0) is 16.1 Å². The van der Waals surface area contributed by atoms with Crippen LogP contribution in [0.1, 0.15) is 18.4 Å². The van der Waals surface area contributed by atoms with Crippen molar-refractivity contribution in [3.8, 4) is 5.75 Å². The molecule has 0 bridgehead atoms. The Balaban J connectivity index is 1.87. The summed E-state index contributed by atoms with van der Waals surface area (Å²) >= 11 is 6.00. The summed E-state index contributed by atoms with van der Waals surface area (Å²) in [5.74, 6) is 0.0566. The number of amides is 2. The first-order valence-electron chi connectivity index (χ1n) is 6.94. The predicted molar refractivity (Wildman–Crippen MR) is 78.9 cm³/mol. The molecule has 1 aromatic carbocycles. The van der Waals surface area contributed by atoms with Crippen LogP contribution in [0.2, 0.25) is 5.02 Å². The molecular weight excluding hydrogens is 290 g/mol. The molecule has 2 aliphatic rings. The lowest BCUT2D eigenvalue weighted by molar-refractivity contribution is -0.140. The van der Waals surface area contributed by atoms with E-state index in [2.05, 4.69) is 0 Å². The first kappa shape index (κ1) is 14.1. The highest BCUT2D eigenvalue weighted by Crippen LogP contribution is 2.36. The molecule has 0 radical (unpaired) electrons. The van der Waals surface area contributed by atoms with Gasteiger partial charge in [0.05, 0.1) is 25.5 Å². The molecular formula is C16H16ClNO3. The largest absolute Gasteiger partial charge is 0.496 e. The number of hydrogen-bond acceptors (Lipinski definition) is 3. The van der Waals surface area contributed by atoms with Gasteiger partial charge in [0.2, 0.25) is 11.8 Å². The quantitative estimate of drug-likeness (QED) is 0.637. The van der Waals surface area contributed by atoms with E-state index in [4.69, 9.17) is 16.3 Å². The zero-order valence-corrected chi connectivity index (χ0v) is 12.5. The maximum atomic E-state index is 12.4. The fourth-order valence-electron chi connectivity index (χ4n) is 3.07. The molecule has 1 heterocycles. The summed E-state index contributed by atoms with van der Waals surface area (Å²) in [6.45, 7) is 0.217. The van der Waals surface area contributed by atoms with E-state index in [9.17, 15) is 9.59 Å². The summed E-state index contributed by atoms with van der Waals surface area (Å²) in [5.41, 5.74) is 0.748. The van der Waals surface area contributed by atoms with E-state index in [1.807, 2.05) is 12.2 Å². The lowest BCUT2D eigenvalue weighted by Gasteiger charge is -2.17. The van der Waals surface area contributed by atoms with Crippen LogP contribution < -0.4 is 4.74 Å². The molecule has 2 amide bonds. The third kappa shape index (κ3) is 2.44. The standard InChI is InChI=1S/C16H16ClNO3/c1-21-14-7-6-11(17)8-10(14)9-18-15(19)12-4-2-3-5-13(12)16(18)20/h2-3,6-8,12-13H,4-5,9H2,1H3/t12-,13+. The molecule has 0 saturated carbocycles. The van der Waals surface area contributed by atoms with Crippen LogP contribution in [0.4, 0.5) is 0 Å². The number of benzene rings is 1. The van der Waals surface area contributed by atoms with Crippen LogP contribution in [0.5, 0.6) is 5.75 Å². The third-order valence-corrected chi connectivity index (χ3v) is 4.40. The fraction of sp³-hybridized carbons (Fsp3) is 0.375. The number of halogens is 1. The first-order valence-corrected chi connectivity index (χ1v) is 7.32. The number of likely N-dealkylation sites (tertiary alicyclic amines) is 1. The highest BCUT2D eigenvalue weighted by Gasteiger charge is 2.47. The molecule has 3 rings (SSSR count). The fourth-order valence-corrected chi connectivity index (χ4v) is 3.26. The van der Waals surface area contributed by atoms with Crippen molar-refractivity contribution in [3.63, 3.8) is 0 Å². The number of carbonyl (C=O) groups is 2. The normalized spacial score (nSPS) is 24.4. The van der Waals surface area contributed by atoms with Crippen molar-refractivity contribution in [2.75, 3.05) is 7.11 Å². The molecule has 2 atom stereocenters. The van der Waals surface area contributed by atoms with Crippen LogP contribution in [0.3, 0.4) is 0 Å². The summed E-state index contributed by atoms with van der Waals surface area (Å²) in [7, 11) is 1.56. The van der Waals surface area contributed by atoms with Crippen molar-refractivity contribution in [1.29, 1.82) is 0 Å². The summed E-state index contributed by atoms with van der Waals surface area (Å²) in [6.07, 6.45) is 5.27. The number of methoxy groups -OCH3 is 1. The highest BCUT2D eigenvalue weighted by molar-refractivity contribution is 6.30. The second-order valence-electron chi connectivity index (χ2n) is 5.37. The van der Waals surface area contributed by atoms with Crippen molar-refractivity contribution in [2.45, 2.75) is 19.4 Å². The number of ether oxygens (including phenoxy) is 1. The zero-order valence-electron chi connectivity index (χ0n) is 11.7. The van der Waals surface area contributed by atoms with Crippen molar-refractivity contribution >= 4 is 23.4 Å². The lowest BCUT2D eigenvalue weighted by atomic mass is 9.85. The van der Waals surface area contributed by atoms with Crippen LogP contribution in [0.25, 0.3) is 0 Å². The summed E-state index contributed by atoms with van der Waals surface area (Å²) in [4.78, 5) is 26.2. The Bertz CT molecular complexity index is 600. The molecule has 0 aromatic heterocycles. The average Bonchev–Trinajstić information content (AvgIpc) is 2.73. The van der Waals surface area contributed by atoms with Crippen molar-refractivity contribution in [2.24, 2.45) is 11.8 Å². The summed E-state index contributed by atoms with van der Waals surface area (Å²) in [5, 5.41) is 0.559. The predicted octanol–water partition coefficient (Wildman–Crippen LogP) is 2.80. The van der Waals surface area contributed by atoms with E-state index in [1.165, 1.54) is 4.90 Å². The van der Waals surface area contributed by atoms with E-state index in [0.29, 0.717) is 23.6 Å². The molecule has 1 aliphatic heterocycles. The van der Waals surface area contributed by atoms with E-state index in [1.54, 1.807) is 25.3 Å². The minimum Gasteiger partial charge on any atom is -0.496 e. The van der Waals surface area contributed by atoms with Gasteiger partial charge in [0.15, 0.2) is 0 Å². The topological polar surface area (TPSA) is 46.6 Å². The Morgan fingerprint density at radius 1 is 1.19 bits per heavy atom. The number of rotatable bonds is 3. The first-order chi connectivity index (χ1) is 10.1. The maximum Gasteiger partial charge on any atom is 0.233 e. The van der Waals surface area contributed by atoms with E-state index in [0.717, 1.165) is 5.56 Å². The van der Waals surface area contributed by atoms with E-state index >= 15 is 0 Å². The third-order valence-electron chi connectivity index (χ3n) is 4.17. The van der Waals surface area contributed by atoms with Gasteiger partial charge in [-0.25, -0.2) is 0 Å². The second kappa shape index (κ2) is 5.53. The summed E-state index contributed by atoms with van der Waals surface area (Å²) < 4.78 is 5.28. The second-order valence-corrected chi connectivity index (χ2v) is 5.81. The minimum atomic E-state index is -0.201. The van der Waals surface area contributed by atoms with Crippen molar-refractivity contribution in [3.05, 3.63) is 40.9 Å². The summed E-state index contributed by atoms with van der Waals surface area (Å²) in [6, 6.07) is 5.21. The zero-order chi connectivity index (χ0) is 15.0. The Morgan fingerprint density at radius 3 is 2.38 bits per heavy atom. The van der Waals surface area contributed by atoms with Gasteiger partial charge in [-0.3, -0.25) is 14.5 Å². The number of allylic oxidation sites excluding steroid dienone is 2. The molecule has 5 heteroatoms. The van der Waals surface area contributed by atoms with Crippen LogP contribution in [0.15, 0.2) is 30.4 Å². The van der Waals surface area contributed by atoms with Crippen LogP contribution >= 0.6 is 11.6 Å². The molecule has 0 spiro atoms. The molecule has 1 saturated heterocycles. The molecule has 1 fully saturated rings. The SMILES string of the molecule is COc1ccc(Cl)cc1CN1C(=O)[C@H]2CC=CC[C@H]2C1=O. The molecule has 0 unspecified atom stereocenters. The number of nitrogens with zero attached hydrogens (tertiary/aromatic N) is 1. The molecule has 1 aliphatic carbocycles. The molecule has 0 N–H and O–H groups in total. The van der Waals surface area contributed by atoms with Gasteiger partial charge in [0, 0.05) is 10.6 Å². The monoisotopic (exact) mass is 305 g/mol. The van der Waals surface area contributed by atoms with Gasteiger partial charge in [-0.05, 0) is 31.0 Å². The van der Waals surface area contributed by atoms with Gasteiger partial charge in [0.1, 0.15) is 5.75 Å². The van der Waals surface area contributed by atoms with Gasteiger partial charge < -0.3 is 4.74 Å². The molecule has 21 heavy (non-hydrogen) atoms. The minimum absolute atomic E-state index is 0.0867. The van der Waals surface area contributed by atoms with Crippen molar-refractivity contribution < 1.29 is 14.3 Å². The van der Waals surface area contributed by atoms with E-state index < -0.39 is 0 Å². The maximum absolute atomic E-state index is 12.4. The van der Waals surface area contributed by atoms with Gasteiger partial charge in [-0.2, -0.15) is 0 Å². The van der Waals surface area contributed by atoms with Crippen LogP contribution in [-0.4, -0.2) is 23.8 Å². The Labute approximate surface area is 128 Å². The van der Waals surface area contributed by atoms with Gasteiger partial charge in [-0.1, -0.05) is 23.8 Å². The Kier molecular flexibility index (Phi) is 3.72. The number of carbonyl (C=O) groups excluding carboxylic acids is 2. The van der Waals surface area contributed by atoms with Crippen LogP contribution in [0, 0.1) is 11.8 Å². The number of hydrogen-bond donors (Lipinski definition) is 0. The molecule has 4 nitrogen and oxygen atoms in total. The van der Waals surface area contributed by atoms with Crippen molar-refractivity contribution in [1.82, 2.24) is 4.90 Å². The Morgan fingerprint density at radius 2 is 1.81 bits per heavy atom. The van der Waals surface area contributed by atoms with Gasteiger partial charge in [-0.15, -0.1) is 0 Å². The smallest absolute Gasteiger partial charge is 0.233 e. The molecule has 110 valence electrons.